The molecule has 54 heavy (non-hydrogen) atoms. The first-order chi connectivity index (χ1) is 25.9. The molecule has 0 spiro atoms. The van der Waals surface area contributed by atoms with Crippen LogP contribution in [0.25, 0.3) is 0 Å². The van der Waals surface area contributed by atoms with Crippen molar-refractivity contribution in [2.45, 2.75) is 183 Å². The standard InChI is InChI=1S/C28H48O2.C22H32O2/c1-20(2)11-8-12-21(3)13-9-14-22(4)15-10-17-28(7)18-16-25-19-26(29)23(5)24(6)27(25)30-28;1-2-3-4-5-6-7-8-9-10-11-12-13-14-15-16-17-18-19-20-21-22(23)24/h19-22,29H,8-18H2,1-7H3;3-4,6-7,9-10,12-13,15-16,18-19H,2,5,8,11,14,17,20-21H2,1H3,(H,23,24)/b;4-3-,7-6-,10-9-,13-12-,16-15-,19-18-. The topological polar surface area (TPSA) is 66.8 Å². The number of hydrogen-bond acceptors (Lipinski definition) is 3. The maximum absolute atomic E-state index is 10.3. The van der Waals surface area contributed by atoms with Crippen molar-refractivity contribution in [3.05, 3.63) is 95.7 Å². The molecule has 1 aliphatic heterocycles. The molecule has 0 bridgehead atoms. The van der Waals surface area contributed by atoms with Crippen molar-refractivity contribution in [2.24, 2.45) is 17.8 Å². The molecule has 0 aliphatic carbocycles. The van der Waals surface area contributed by atoms with Crippen molar-refractivity contribution in [2.75, 3.05) is 0 Å². The molecule has 0 saturated heterocycles. The number of fused-ring (bicyclic) bond motifs is 1. The van der Waals surface area contributed by atoms with Crippen molar-refractivity contribution in [1.82, 2.24) is 0 Å². The number of aliphatic carboxylic acids is 1. The molecule has 3 unspecified atom stereocenters. The minimum Gasteiger partial charge on any atom is -0.508 e. The number of hydrogen-bond donors (Lipinski definition) is 2. The Morgan fingerprint density at radius 3 is 1.67 bits per heavy atom. The van der Waals surface area contributed by atoms with Gasteiger partial charge in [0.25, 0.3) is 0 Å². The average molecular weight is 745 g/mol. The molecule has 0 radical (unpaired) electrons. The minimum atomic E-state index is -0.741. The highest BCUT2D eigenvalue weighted by molar-refractivity contribution is 5.66. The molecule has 0 aromatic heterocycles. The van der Waals surface area contributed by atoms with Crippen molar-refractivity contribution in [3.8, 4) is 11.5 Å². The van der Waals surface area contributed by atoms with E-state index in [2.05, 4.69) is 109 Å². The summed E-state index contributed by atoms with van der Waals surface area (Å²) in [5.74, 6) is 3.24. The summed E-state index contributed by atoms with van der Waals surface area (Å²) in [6, 6.07) is 1.91. The van der Waals surface area contributed by atoms with E-state index in [0.717, 1.165) is 92.4 Å². The third-order valence-corrected chi connectivity index (χ3v) is 10.6. The molecule has 3 atom stereocenters. The fourth-order valence-electron chi connectivity index (χ4n) is 6.79. The number of carboxylic acid groups (broad SMARTS) is 1. The van der Waals surface area contributed by atoms with Crippen LogP contribution in [0.1, 0.15) is 174 Å². The molecule has 1 aromatic rings. The molecule has 1 heterocycles. The van der Waals surface area contributed by atoms with Crippen LogP contribution in [0.15, 0.2) is 79.0 Å². The lowest BCUT2D eigenvalue weighted by Gasteiger charge is -2.37. The van der Waals surface area contributed by atoms with Gasteiger partial charge in [0.1, 0.15) is 17.1 Å². The van der Waals surface area contributed by atoms with Gasteiger partial charge in [-0.3, -0.25) is 4.79 Å². The Hall–Kier alpha value is -3.27. The molecule has 2 N–H and O–H groups in total. The first-order valence-corrected chi connectivity index (χ1v) is 21.5. The number of ether oxygens (including phenoxy) is 1. The van der Waals surface area contributed by atoms with Crippen LogP contribution in [0.2, 0.25) is 0 Å². The minimum absolute atomic E-state index is 0.0637. The molecule has 2 rings (SSSR count). The van der Waals surface area contributed by atoms with Crippen LogP contribution in [0.4, 0.5) is 0 Å². The normalized spacial score (nSPS) is 17.3. The Kier molecular flexibility index (Phi) is 27.1. The largest absolute Gasteiger partial charge is 0.508 e. The molecule has 1 aliphatic rings. The van der Waals surface area contributed by atoms with Crippen molar-refractivity contribution < 1.29 is 19.7 Å². The summed E-state index contributed by atoms with van der Waals surface area (Å²) >= 11 is 0. The number of phenols is 1. The van der Waals surface area contributed by atoms with Crippen LogP contribution < -0.4 is 4.74 Å². The van der Waals surface area contributed by atoms with Gasteiger partial charge in [-0.05, 0) is 132 Å². The Labute approximate surface area is 332 Å². The second-order valence-electron chi connectivity index (χ2n) is 16.4. The van der Waals surface area contributed by atoms with Gasteiger partial charge in [0.05, 0.1) is 0 Å². The number of aryl methyl sites for hydroxylation is 1. The van der Waals surface area contributed by atoms with Gasteiger partial charge >= 0.3 is 5.97 Å². The van der Waals surface area contributed by atoms with E-state index in [1.165, 1.54) is 56.9 Å². The van der Waals surface area contributed by atoms with Gasteiger partial charge in [-0.25, -0.2) is 0 Å². The molecular weight excluding hydrogens is 665 g/mol. The molecule has 0 saturated carbocycles. The van der Waals surface area contributed by atoms with Crippen LogP contribution in [0, 0.1) is 31.6 Å². The summed E-state index contributed by atoms with van der Waals surface area (Å²) in [5.41, 5.74) is 3.16. The van der Waals surface area contributed by atoms with Gasteiger partial charge in [-0.2, -0.15) is 0 Å². The van der Waals surface area contributed by atoms with Gasteiger partial charge in [0.15, 0.2) is 0 Å². The smallest absolute Gasteiger partial charge is 0.303 e. The fourth-order valence-corrected chi connectivity index (χ4v) is 6.79. The van der Waals surface area contributed by atoms with E-state index in [4.69, 9.17) is 9.84 Å². The molecule has 304 valence electrons. The Morgan fingerprint density at radius 2 is 1.19 bits per heavy atom. The maximum Gasteiger partial charge on any atom is 0.303 e. The molecule has 1 aromatic carbocycles. The highest BCUT2D eigenvalue weighted by atomic mass is 16.5. The molecular formula is C50H80O4. The van der Waals surface area contributed by atoms with E-state index in [-0.39, 0.29) is 12.0 Å². The summed E-state index contributed by atoms with van der Waals surface area (Å²) in [7, 11) is 0. The lowest BCUT2D eigenvalue weighted by molar-refractivity contribution is -0.136. The number of aromatic hydroxyl groups is 1. The van der Waals surface area contributed by atoms with Crippen LogP contribution in [0.3, 0.4) is 0 Å². The number of allylic oxidation sites excluding steroid dienone is 12. The lowest BCUT2D eigenvalue weighted by atomic mass is 9.85. The molecule has 0 amide bonds. The number of carbonyl (C=O) groups is 1. The average Bonchev–Trinajstić information content (AvgIpc) is 3.12. The first kappa shape index (κ1) is 48.7. The number of benzene rings is 1. The van der Waals surface area contributed by atoms with Crippen molar-refractivity contribution in [1.29, 1.82) is 0 Å². The fraction of sp³-hybridized carbons (Fsp3) is 0.620. The van der Waals surface area contributed by atoms with Gasteiger partial charge in [-0.15, -0.1) is 0 Å². The predicted molar refractivity (Wildman–Crippen MR) is 235 cm³/mol. The van der Waals surface area contributed by atoms with Crippen LogP contribution in [-0.4, -0.2) is 21.8 Å². The van der Waals surface area contributed by atoms with Crippen LogP contribution >= 0.6 is 0 Å². The van der Waals surface area contributed by atoms with Gasteiger partial charge in [0.2, 0.25) is 0 Å². The summed E-state index contributed by atoms with van der Waals surface area (Å²) in [4.78, 5) is 10.3. The summed E-state index contributed by atoms with van der Waals surface area (Å²) in [5, 5.41) is 18.6. The molecule has 4 heteroatoms. The Morgan fingerprint density at radius 1 is 0.722 bits per heavy atom. The van der Waals surface area contributed by atoms with Gasteiger partial charge in [0, 0.05) is 6.42 Å². The van der Waals surface area contributed by atoms with E-state index in [0.29, 0.717) is 12.2 Å². The van der Waals surface area contributed by atoms with Gasteiger partial charge < -0.3 is 14.9 Å². The zero-order valence-electron chi connectivity index (χ0n) is 35.9. The SMILES string of the molecule is CC/C=C\C/C=C\C/C=C\C/C=C\C/C=C\C/C=C\CCC(=O)O.Cc1c(O)cc2c(c1C)OC(C)(CCCC(C)CCCC(C)CCCC(C)C)CC2. The van der Waals surface area contributed by atoms with E-state index in [9.17, 15) is 9.90 Å². The van der Waals surface area contributed by atoms with Crippen molar-refractivity contribution in [3.63, 3.8) is 0 Å². The van der Waals surface area contributed by atoms with Crippen LogP contribution in [-0.2, 0) is 11.2 Å². The molecule has 0 fully saturated rings. The second kappa shape index (κ2) is 30.0. The Bertz CT molecular complexity index is 1330. The highest BCUT2D eigenvalue weighted by Gasteiger charge is 2.33. The number of phenolic OH excluding ortho intramolecular Hbond substituents is 1. The van der Waals surface area contributed by atoms with E-state index in [1.807, 2.05) is 25.1 Å². The second-order valence-corrected chi connectivity index (χ2v) is 16.4. The zero-order chi connectivity index (χ0) is 40.0. The first-order valence-electron chi connectivity index (χ1n) is 21.5. The van der Waals surface area contributed by atoms with E-state index < -0.39 is 5.97 Å². The lowest BCUT2D eigenvalue weighted by Crippen LogP contribution is -2.36. The third-order valence-electron chi connectivity index (χ3n) is 10.6. The summed E-state index contributed by atoms with van der Waals surface area (Å²) in [6.45, 7) is 18.0. The summed E-state index contributed by atoms with van der Waals surface area (Å²) in [6.07, 6.45) is 46.5. The van der Waals surface area contributed by atoms with Crippen molar-refractivity contribution >= 4 is 5.97 Å². The maximum atomic E-state index is 10.3. The quantitative estimate of drug-likeness (QED) is 0.0927. The van der Waals surface area contributed by atoms with Gasteiger partial charge in [-0.1, -0.05) is 152 Å². The number of carboxylic acids is 1. The Balaban J connectivity index is 0.000000556. The molecule has 4 nitrogen and oxygen atoms in total. The van der Waals surface area contributed by atoms with E-state index in [1.54, 1.807) is 0 Å². The third kappa shape index (κ3) is 24.2. The van der Waals surface area contributed by atoms with E-state index >= 15 is 0 Å². The number of rotatable bonds is 26. The monoisotopic (exact) mass is 745 g/mol. The summed E-state index contributed by atoms with van der Waals surface area (Å²) < 4.78 is 6.52. The van der Waals surface area contributed by atoms with Crippen LogP contribution in [0.5, 0.6) is 11.5 Å². The highest BCUT2D eigenvalue weighted by Crippen LogP contribution is 2.42. The zero-order valence-corrected chi connectivity index (χ0v) is 35.9. The predicted octanol–water partition coefficient (Wildman–Crippen LogP) is 15.1.